The SMILES string of the molecule is CCN(CC)c1ccc2c(C)cc(=O)oc2c1.Cc1cc(=O)oc2ccccc12. The van der Waals surface area contributed by atoms with E-state index in [9.17, 15) is 9.59 Å². The second kappa shape index (κ2) is 8.78. The first-order valence-corrected chi connectivity index (χ1v) is 9.72. The molecule has 0 fully saturated rings. The zero-order valence-corrected chi connectivity index (χ0v) is 17.2. The first kappa shape index (κ1) is 20.4. The lowest BCUT2D eigenvalue weighted by atomic mass is 10.1. The van der Waals surface area contributed by atoms with Crippen molar-refractivity contribution in [1.29, 1.82) is 0 Å². The standard InChI is InChI=1S/C14H17NO2.C10H8O2/c1-4-15(5-2)11-6-7-12-10(3)8-14(16)17-13(12)9-11;1-7-6-10(11)12-9-5-3-2-4-8(7)9/h6-9H,4-5H2,1-3H3;2-6H,1H3. The van der Waals surface area contributed by atoms with Crippen LogP contribution in [-0.4, -0.2) is 13.1 Å². The lowest BCUT2D eigenvalue weighted by Gasteiger charge is -2.21. The van der Waals surface area contributed by atoms with Crippen molar-refractivity contribution in [2.24, 2.45) is 0 Å². The van der Waals surface area contributed by atoms with Crippen LogP contribution in [0.2, 0.25) is 0 Å². The zero-order valence-electron chi connectivity index (χ0n) is 17.2. The summed E-state index contributed by atoms with van der Waals surface area (Å²) < 4.78 is 10.2. The normalized spacial score (nSPS) is 10.6. The number of hydrogen-bond donors (Lipinski definition) is 0. The van der Waals surface area contributed by atoms with E-state index in [1.165, 1.54) is 12.1 Å². The molecule has 0 spiro atoms. The Bertz CT molecular complexity index is 1250. The Morgan fingerprint density at radius 3 is 1.90 bits per heavy atom. The van der Waals surface area contributed by atoms with Crippen LogP contribution >= 0.6 is 0 Å². The van der Waals surface area contributed by atoms with Crippen LogP contribution in [0.3, 0.4) is 0 Å². The summed E-state index contributed by atoms with van der Waals surface area (Å²) in [7, 11) is 0. The van der Waals surface area contributed by atoms with Gasteiger partial charge in [-0.25, -0.2) is 9.59 Å². The summed E-state index contributed by atoms with van der Waals surface area (Å²) in [6.45, 7) is 9.94. The van der Waals surface area contributed by atoms with E-state index < -0.39 is 0 Å². The quantitative estimate of drug-likeness (QED) is 0.457. The third kappa shape index (κ3) is 4.57. The topological polar surface area (TPSA) is 63.7 Å². The van der Waals surface area contributed by atoms with Gasteiger partial charge in [-0.2, -0.15) is 0 Å². The molecular weight excluding hydrogens is 366 g/mol. The van der Waals surface area contributed by atoms with Crippen molar-refractivity contribution in [2.45, 2.75) is 27.7 Å². The molecule has 0 saturated heterocycles. The molecule has 5 heteroatoms. The van der Waals surface area contributed by atoms with Crippen LogP contribution in [0.4, 0.5) is 5.69 Å². The number of fused-ring (bicyclic) bond motifs is 2. The van der Waals surface area contributed by atoms with Crippen molar-refractivity contribution in [3.63, 3.8) is 0 Å². The van der Waals surface area contributed by atoms with E-state index in [2.05, 4.69) is 24.8 Å². The van der Waals surface area contributed by atoms with Crippen molar-refractivity contribution >= 4 is 27.6 Å². The number of anilines is 1. The molecular formula is C24H25NO4. The second-order valence-electron chi connectivity index (χ2n) is 6.85. The Balaban J connectivity index is 0.000000176. The Labute approximate surface area is 169 Å². The van der Waals surface area contributed by atoms with Crippen LogP contribution in [0, 0.1) is 13.8 Å². The minimum atomic E-state index is -0.286. The highest BCUT2D eigenvalue weighted by molar-refractivity contribution is 5.83. The summed E-state index contributed by atoms with van der Waals surface area (Å²) >= 11 is 0. The number of hydrogen-bond acceptors (Lipinski definition) is 5. The summed E-state index contributed by atoms with van der Waals surface area (Å²) in [6, 6.07) is 16.6. The summed E-state index contributed by atoms with van der Waals surface area (Å²) in [5, 5.41) is 2.00. The maximum absolute atomic E-state index is 11.3. The van der Waals surface area contributed by atoms with Gasteiger partial charge in [0.25, 0.3) is 0 Å². The highest BCUT2D eigenvalue weighted by Gasteiger charge is 2.06. The number of para-hydroxylation sites is 1. The molecule has 0 aliphatic rings. The number of aryl methyl sites for hydroxylation is 2. The van der Waals surface area contributed by atoms with Gasteiger partial charge in [0.15, 0.2) is 0 Å². The molecule has 0 atom stereocenters. The van der Waals surface area contributed by atoms with Gasteiger partial charge in [0, 0.05) is 47.7 Å². The number of rotatable bonds is 3. The van der Waals surface area contributed by atoms with Gasteiger partial charge in [-0.05, 0) is 57.0 Å². The van der Waals surface area contributed by atoms with E-state index >= 15 is 0 Å². The molecule has 0 unspecified atom stereocenters. The fourth-order valence-corrected chi connectivity index (χ4v) is 3.37. The summed E-state index contributed by atoms with van der Waals surface area (Å²) in [5.41, 5.74) is 3.76. The predicted octanol–water partition coefficient (Wildman–Crippen LogP) is 5.05. The molecule has 0 N–H and O–H groups in total. The maximum Gasteiger partial charge on any atom is 0.336 e. The van der Waals surface area contributed by atoms with Crippen LogP contribution in [0.1, 0.15) is 25.0 Å². The van der Waals surface area contributed by atoms with E-state index in [1.54, 1.807) is 6.07 Å². The van der Waals surface area contributed by atoms with Crippen LogP contribution in [0.5, 0.6) is 0 Å². The first-order chi connectivity index (χ1) is 13.9. The molecule has 0 saturated carbocycles. The highest BCUT2D eigenvalue weighted by Crippen LogP contribution is 2.23. The molecule has 0 amide bonds. The van der Waals surface area contributed by atoms with Gasteiger partial charge >= 0.3 is 11.3 Å². The fraction of sp³-hybridized carbons (Fsp3) is 0.250. The molecule has 0 aliphatic carbocycles. The van der Waals surface area contributed by atoms with Crippen LogP contribution < -0.4 is 16.2 Å². The fourth-order valence-electron chi connectivity index (χ4n) is 3.37. The van der Waals surface area contributed by atoms with Crippen molar-refractivity contribution < 1.29 is 8.83 Å². The van der Waals surface area contributed by atoms with Gasteiger partial charge in [0.1, 0.15) is 11.2 Å². The lowest BCUT2D eigenvalue weighted by molar-refractivity contribution is 0.559. The molecule has 4 aromatic rings. The Morgan fingerprint density at radius 2 is 1.28 bits per heavy atom. The summed E-state index contributed by atoms with van der Waals surface area (Å²) in [5.74, 6) is 0. The monoisotopic (exact) mass is 391 g/mol. The molecule has 29 heavy (non-hydrogen) atoms. The third-order valence-corrected chi connectivity index (χ3v) is 4.92. The van der Waals surface area contributed by atoms with Gasteiger partial charge < -0.3 is 13.7 Å². The minimum Gasteiger partial charge on any atom is -0.423 e. The lowest BCUT2D eigenvalue weighted by Crippen LogP contribution is -2.21. The molecule has 0 bridgehead atoms. The molecule has 4 rings (SSSR count). The Hall–Kier alpha value is -3.34. The molecule has 150 valence electrons. The van der Waals surface area contributed by atoms with Gasteiger partial charge in [-0.15, -0.1) is 0 Å². The average Bonchev–Trinajstić information content (AvgIpc) is 2.69. The van der Waals surface area contributed by atoms with E-state index in [0.29, 0.717) is 11.2 Å². The molecule has 0 aliphatic heterocycles. The van der Waals surface area contributed by atoms with Crippen molar-refractivity contribution in [3.05, 3.63) is 86.6 Å². The zero-order chi connectivity index (χ0) is 21.0. The molecule has 0 radical (unpaired) electrons. The maximum atomic E-state index is 11.3. The van der Waals surface area contributed by atoms with E-state index in [0.717, 1.165) is 40.7 Å². The van der Waals surface area contributed by atoms with Gasteiger partial charge in [0.05, 0.1) is 0 Å². The summed E-state index contributed by atoms with van der Waals surface area (Å²) in [6.07, 6.45) is 0. The van der Waals surface area contributed by atoms with Gasteiger partial charge in [0.2, 0.25) is 0 Å². The second-order valence-corrected chi connectivity index (χ2v) is 6.85. The summed E-state index contributed by atoms with van der Waals surface area (Å²) in [4.78, 5) is 24.5. The van der Waals surface area contributed by atoms with Gasteiger partial charge in [-0.3, -0.25) is 0 Å². The third-order valence-electron chi connectivity index (χ3n) is 4.92. The number of nitrogens with zero attached hydrogens (tertiary/aromatic N) is 1. The van der Waals surface area contributed by atoms with Crippen molar-refractivity contribution in [2.75, 3.05) is 18.0 Å². The Morgan fingerprint density at radius 1 is 0.724 bits per heavy atom. The smallest absolute Gasteiger partial charge is 0.336 e. The highest BCUT2D eigenvalue weighted by atomic mass is 16.4. The van der Waals surface area contributed by atoms with Crippen molar-refractivity contribution in [1.82, 2.24) is 0 Å². The van der Waals surface area contributed by atoms with Crippen molar-refractivity contribution in [3.8, 4) is 0 Å². The molecule has 2 aromatic heterocycles. The average molecular weight is 391 g/mol. The number of benzene rings is 2. The molecule has 2 aromatic carbocycles. The molecule has 5 nitrogen and oxygen atoms in total. The van der Waals surface area contributed by atoms with E-state index in [-0.39, 0.29) is 11.3 Å². The largest absolute Gasteiger partial charge is 0.423 e. The van der Waals surface area contributed by atoms with Crippen LogP contribution in [-0.2, 0) is 0 Å². The first-order valence-electron chi connectivity index (χ1n) is 9.72. The van der Waals surface area contributed by atoms with Gasteiger partial charge in [-0.1, -0.05) is 18.2 Å². The van der Waals surface area contributed by atoms with Crippen LogP contribution in [0.25, 0.3) is 21.9 Å². The van der Waals surface area contributed by atoms with Crippen LogP contribution in [0.15, 0.2) is 73.0 Å². The van der Waals surface area contributed by atoms with E-state index in [1.807, 2.05) is 44.2 Å². The van der Waals surface area contributed by atoms with E-state index in [4.69, 9.17) is 8.83 Å². The minimum absolute atomic E-state index is 0.285. The molecule has 2 heterocycles. The predicted molar refractivity (Wildman–Crippen MR) is 118 cm³/mol. The Kier molecular flexibility index (Phi) is 6.17.